The van der Waals surface area contributed by atoms with Gasteiger partial charge in [0.1, 0.15) is 23.7 Å². The van der Waals surface area contributed by atoms with E-state index in [0.29, 0.717) is 19.1 Å². The summed E-state index contributed by atoms with van der Waals surface area (Å²) in [6, 6.07) is 27.6. The number of benzene rings is 3. The Hall–Kier alpha value is -3.73. The molecule has 5 heteroatoms. The maximum Gasteiger partial charge on any atom is 0.407 e. The van der Waals surface area contributed by atoms with Crippen molar-refractivity contribution in [3.05, 3.63) is 95.6 Å². The van der Waals surface area contributed by atoms with Crippen molar-refractivity contribution in [3.63, 3.8) is 0 Å². The Labute approximate surface area is 239 Å². The van der Waals surface area contributed by atoms with Crippen molar-refractivity contribution in [2.24, 2.45) is 5.92 Å². The summed E-state index contributed by atoms with van der Waals surface area (Å²) in [5.74, 6) is 2.21. The van der Waals surface area contributed by atoms with Crippen LogP contribution >= 0.6 is 0 Å². The summed E-state index contributed by atoms with van der Waals surface area (Å²) in [5.41, 5.74) is 5.76. The highest BCUT2D eigenvalue weighted by Crippen LogP contribution is 2.45. The number of alkyl carbamates (subject to hydrolysis) is 1. The first kappa shape index (κ1) is 29.3. The van der Waals surface area contributed by atoms with Gasteiger partial charge in [0.2, 0.25) is 0 Å². The van der Waals surface area contributed by atoms with Crippen LogP contribution in [0.4, 0.5) is 4.79 Å². The van der Waals surface area contributed by atoms with Crippen molar-refractivity contribution in [1.82, 2.24) is 5.32 Å². The van der Waals surface area contributed by atoms with Crippen molar-refractivity contribution in [2.45, 2.75) is 65.4 Å². The standard InChI is InChI=1S/C35H43NO4/c1-5-6-24-38-30-19-15-28(16-20-30)33(32(27-13-10-14-27)26-11-8-7-9-12-26)29-17-21-31(22-18-29)39-25-23-36-34(37)40-35(2,3)4/h7-9,11-12,15-22,27H,5-6,10,13-14,23-25H2,1-4H3,(H,36,37)/b33-32+. The molecule has 1 N–H and O–H groups in total. The SMILES string of the molecule is CCCCOc1ccc(/C(=C(/c2ccccc2)C2CCC2)c2ccc(OCCNC(=O)OC(C)(C)C)cc2)cc1. The molecule has 0 radical (unpaired) electrons. The van der Waals surface area contributed by atoms with Crippen LogP contribution in [0.15, 0.2) is 78.9 Å². The fourth-order valence-corrected chi connectivity index (χ4v) is 4.78. The van der Waals surface area contributed by atoms with Crippen LogP contribution in [0.3, 0.4) is 0 Å². The van der Waals surface area contributed by atoms with Gasteiger partial charge in [-0.2, -0.15) is 0 Å². The van der Waals surface area contributed by atoms with Crippen LogP contribution in [-0.4, -0.2) is 31.5 Å². The zero-order chi connectivity index (χ0) is 28.4. The van der Waals surface area contributed by atoms with Gasteiger partial charge in [-0.15, -0.1) is 0 Å². The third-order valence-electron chi connectivity index (χ3n) is 6.96. The van der Waals surface area contributed by atoms with Crippen molar-refractivity contribution in [1.29, 1.82) is 0 Å². The Bertz CT molecular complexity index is 1240. The molecule has 0 aromatic heterocycles. The number of hydrogen-bond donors (Lipinski definition) is 1. The van der Waals surface area contributed by atoms with Crippen LogP contribution in [0.2, 0.25) is 0 Å². The predicted octanol–water partition coefficient (Wildman–Crippen LogP) is 8.53. The van der Waals surface area contributed by atoms with E-state index in [-0.39, 0.29) is 0 Å². The third-order valence-corrected chi connectivity index (χ3v) is 6.96. The third kappa shape index (κ3) is 8.38. The first-order valence-electron chi connectivity index (χ1n) is 14.6. The minimum Gasteiger partial charge on any atom is -0.494 e. The number of carbonyl (C=O) groups is 1. The molecular weight excluding hydrogens is 498 g/mol. The zero-order valence-corrected chi connectivity index (χ0v) is 24.4. The molecule has 0 unspecified atom stereocenters. The van der Waals surface area contributed by atoms with Crippen molar-refractivity contribution in [2.75, 3.05) is 19.8 Å². The van der Waals surface area contributed by atoms with Crippen molar-refractivity contribution < 1.29 is 19.0 Å². The van der Waals surface area contributed by atoms with Gasteiger partial charge in [-0.25, -0.2) is 4.79 Å². The van der Waals surface area contributed by atoms with Gasteiger partial charge in [0.25, 0.3) is 0 Å². The van der Waals surface area contributed by atoms with Crippen LogP contribution in [0.25, 0.3) is 11.1 Å². The Morgan fingerprint density at radius 2 is 1.38 bits per heavy atom. The van der Waals surface area contributed by atoms with E-state index in [4.69, 9.17) is 14.2 Å². The number of amides is 1. The second-order valence-electron chi connectivity index (χ2n) is 11.3. The topological polar surface area (TPSA) is 56.8 Å². The van der Waals surface area contributed by atoms with Gasteiger partial charge >= 0.3 is 6.09 Å². The van der Waals surface area contributed by atoms with Crippen LogP contribution < -0.4 is 14.8 Å². The molecule has 1 aliphatic carbocycles. The van der Waals surface area contributed by atoms with E-state index in [9.17, 15) is 4.79 Å². The van der Waals surface area contributed by atoms with Crippen LogP contribution in [0.1, 0.15) is 76.5 Å². The van der Waals surface area contributed by atoms with E-state index in [2.05, 4.69) is 79.0 Å². The lowest BCUT2D eigenvalue weighted by molar-refractivity contribution is 0.0520. The maximum atomic E-state index is 11.9. The number of ether oxygens (including phenoxy) is 3. The van der Waals surface area contributed by atoms with Gasteiger partial charge in [-0.1, -0.05) is 74.4 Å². The van der Waals surface area contributed by atoms with E-state index in [0.717, 1.165) is 36.5 Å². The predicted molar refractivity (Wildman–Crippen MR) is 163 cm³/mol. The molecule has 0 atom stereocenters. The summed E-state index contributed by atoms with van der Waals surface area (Å²) >= 11 is 0. The van der Waals surface area contributed by atoms with Gasteiger partial charge < -0.3 is 19.5 Å². The molecule has 4 rings (SSSR count). The highest BCUT2D eigenvalue weighted by atomic mass is 16.6. The summed E-state index contributed by atoms with van der Waals surface area (Å²) in [4.78, 5) is 11.9. The smallest absolute Gasteiger partial charge is 0.407 e. The lowest BCUT2D eigenvalue weighted by atomic mass is 9.73. The number of rotatable bonds is 12. The summed E-state index contributed by atoms with van der Waals surface area (Å²) in [7, 11) is 0. The lowest BCUT2D eigenvalue weighted by Crippen LogP contribution is -2.34. The number of unbranched alkanes of at least 4 members (excludes halogenated alkanes) is 1. The molecule has 1 saturated carbocycles. The number of allylic oxidation sites excluding steroid dienone is 1. The molecular formula is C35H43NO4. The largest absolute Gasteiger partial charge is 0.494 e. The number of carbonyl (C=O) groups excluding carboxylic acids is 1. The Balaban J connectivity index is 1.57. The van der Waals surface area contributed by atoms with Gasteiger partial charge in [-0.05, 0) is 98.1 Å². The highest BCUT2D eigenvalue weighted by molar-refractivity contribution is 5.99. The van der Waals surface area contributed by atoms with Gasteiger partial charge in [0.05, 0.1) is 13.2 Å². The molecule has 1 amide bonds. The van der Waals surface area contributed by atoms with Gasteiger partial charge in [0.15, 0.2) is 0 Å². The molecule has 40 heavy (non-hydrogen) atoms. The maximum absolute atomic E-state index is 11.9. The van der Waals surface area contributed by atoms with Crippen LogP contribution in [0.5, 0.6) is 11.5 Å². The fourth-order valence-electron chi connectivity index (χ4n) is 4.78. The molecule has 0 aliphatic heterocycles. The number of hydrogen-bond acceptors (Lipinski definition) is 4. The Morgan fingerprint density at radius 3 is 1.88 bits per heavy atom. The van der Waals surface area contributed by atoms with Gasteiger partial charge in [-0.3, -0.25) is 0 Å². The highest BCUT2D eigenvalue weighted by Gasteiger charge is 2.27. The second kappa shape index (κ2) is 14.1. The first-order chi connectivity index (χ1) is 19.3. The fraction of sp³-hybridized carbons (Fsp3) is 0.400. The van der Waals surface area contributed by atoms with Crippen LogP contribution in [0, 0.1) is 5.92 Å². The normalized spacial score (nSPS) is 14.1. The number of nitrogens with one attached hydrogen (secondary N) is 1. The molecule has 0 heterocycles. The molecule has 0 saturated heterocycles. The van der Waals surface area contributed by atoms with E-state index < -0.39 is 11.7 Å². The minimum absolute atomic E-state index is 0.359. The van der Waals surface area contributed by atoms with Gasteiger partial charge in [0, 0.05) is 0 Å². The van der Waals surface area contributed by atoms with E-state index >= 15 is 0 Å². The molecule has 3 aromatic rings. The monoisotopic (exact) mass is 541 g/mol. The Kier molecular flexibility index (Phi) is 10.3. The summed E-state index contributed by atoms with van der Waals surface area (Å²) in [6.45, 7) is 9.18. The summed E-state index contributed by atoms with van der Waals surface area (Å²) in [5, 5.41) is 2.74. The second-order valence-corrected chi connectivity index (χ2v) is 11.3. The van der Waals surface area contributed by atoms with Crippen molar-refractivity contribution in [3.8, 4) is 11.5 Å². The van der Waals surface area contributed by atoms with E-state index in [1.807, 2.05) is 32.9 Å². The average Bonchev–Trinajstić information content (AvgIpc) is 2.91. The molecule has 0 bridgehead atoms. The van der Waals surface area contributed by atoms with Crippen LogP contribution in [-0.2, 0) is 4.74 Å². The molecule has 5 nitrogen and oxygen atoms in total. The molecule has 1 fully saturated rings. The zero-order valence-electron chi connectivity index (χ0n) is 24.4. The molecule has 1 aliphatic rings. The first-order valence-corrected chi connectivity index (χ1v) is 14.6. The molecule has 0 spiro atoms. The van der Waals surface area contributed by atoms with E-state index in [1.165, 1.54) is 41.5 Å². The average molecular weight is 542 g/mol. The van der Waals surface area contributed by atoms with Crippen molar-refractivity contribution >= 4 is 17.2 Å². The Morgan fingerprint density at radius 1 is 0.800 bits per heavy atom. The molecule has 3 aromatic carbocycles. The lowest BCUT2D eigenvalue weighted by Gasteiger charge is -2.31. The quantitative estimate of drug-likeness (QED) is 0.184. The minimum atomic E-state index is -0.521. The summed E-state index contributed by atoms with van der Waals surface area (Å²) < 4.78 is 17.1. The van der Waals surface area contributed by atoms with E-state index in [1.54, 1.807) is 0 Å². The molecule has 212 valence electrons. The summed E-state index contributed by atoms with van der Waals surface area (Å²) in [6.07, 6.45) is 5.41.